The first-order valence-electron chi connectivity index (χ1n) is 5.74. The minimum Gasteiger partial charge on any atom is -0.507 e. The third kappa shape index (κ3) is 1.48. The highest BCUT2D eigenvalue weighted by atomic mass is 35.5. The van der Waals surface area contributed by atoms with Crippen molar-refractivity contribution in [1.29, 1.82) is 0 Å². The van der Waals surface area contributed by atoms with E-state index in [0.717, 1.165) is 23.0 Å². The zero-order valence-corrected chi connectivity index (χ0v) is 10.4. The van der Waals surface area contributed by atoms with Gasteiger partial charge >= 0.3 is 0 Å². The number of likely N-dealkylation sites (N-methyl/N-ethyl adjacent to an activating group) is 1. The molecular formula is C14H14ClNO. The Morgan fingerprint density at radius 3 is 2.76 bits per heavy atom. The van der Waals surface area contributed by atoms with Crippen molar-refractivity contribution < 1.29 is 5.11 Å². The molecule has 1 heterocycles. The first-order valence-corrected chi connectivity index (χ1v) is 6.27. The number of phenolic OH excluding ortho intramolecular Hbond substituents is 1. The summed E-state index contributed by atoms with van der Waals surface area (Å²) in [5, 5.41) is 12.1. The number of aromatic hydroxyl groups is 1. The van der Waals surface area contributed by atoms with Crippen LogP contribution >= 0.6 is 11.6 Å². The van der Waals surface area contributed by atoms with E-state index >= 15 is 0 Å². The van der Waals surface area contributed by atoms with E-state index in [4.69, 9.17) is 11.6 Å². The van der Waals surface area contributed by atoms with Crippen molar-refractivity contribution in [1.82, 2.24) is 0 Å². The van der Waals surface area contributed by atoms with Gasteiger partial charge in [-0.2, -0.15) is 0 Å². The number of rotatable bonds is 1. The van der Waals surface area contributed by atoms with E-state index in [0.29, 0.717) is 17.5 Å². The van der Waals surface area contributed by atoms with E-state index in [1.165, 1.54) is 5.56 Å². The van der Waals surface area contributed by atoms with Crippen LogP contribution in [0.3, 0.4) is 0 Å². The molecule has 0 radical (unpaired) electrons. The molecule has 0 aliphatic carbocycles. The Morgan fingerprint density at radius 2 is 2.06 bits per heavy atom. The quantitative estimate of drug-likeness (QED) is 0.782. The molecule has 3 rings (SSSR count). The molecule has 0 saturated carbocycles. The molecule has 1 aliphatic heterocycles. The van der Waals surface area contributed by atoms with Crippen LogP contribution in [0.2, 0.25) is 0 Å². The van der Waals surface area contributed by atoms with Crippen molar-refractivity contribution in [2.45, 2.75) is 5.92 Å². The second-order valence-electron chi connectivity index (χ2n) is 4.61. The molecule has 0 spiro atoms. The second kappa shape index (κ2) is 3.81. The van der Waals surface area contributed by atoms with Gasteiger partial charge in [0.1, 0.15) is 5.75 Å². The Balaban J connectivity index is 2.38. The molecule has 2 aromatic rings. The molecule has 1 N–H and O–H groups in total. The molecule has 0 amide bonds. The summed E-state index contributed by atoms with van der Waals surface area (Å²) >= 11 is 6.05. The molecule has 0 saturated heterocycles. The number of benzene rings is 2. The predicted octanol–water partition coefficient (Wildman–Crippen LogP) is 3.32. The minimum atomic E-state index is 0.349. The lowest BCUT2D eigenvalue weighted by Gasteiger charge is -2.13. The van der Waals surface area contributed by atoms with Gasteiger partial charge in [-0.15, -0.1) is 11.6 Å². The first kappa shape index (κ1) is 10.7. The Labute approximate surface area is 105 Å². The van der Waals surface area contributed by atoms with Gasteiger partial charge in [0.15, 0.2) is 0 Å². The lowest BCUT2D eigenvalue weighted by molar-refractivity contribution is 0.481. The highest BCUT2D eigenvalue weighted by molar-refractivity contribution is 6.18. The zero-order chi connectivity index (χ0) is 12.0. The van der Waals surface area contributed by atoms with Crippen LogP contribution < -0.4 is 4.90 Å². The van der Waals surface area contributed by atoms with Crippen molar-refractivity contribution in [2.75, 3.05) is 24.4 Å². The SMILES string of the molecule is CN1CC(CCl)c2c1cc(O)c1ccccc21. The molecule has 0 fully saturated rings. The number of phenols is 1. The second-order valence-corrected chi connectivity index (χ2v) is 4.91. The third-order valence-corrected chi connectivity index (χ3v) is 3.92. The average molecular weight is 248 g/mol. The van der Waals surface area contributed by atoms with Gasteiger partial charge in [-0.25, -0.2) is 0 Å². The van der Waals surface area contributed by atoms with Crippen LogP contribution in [0.1, 0.15) is 11.5 Å². The maximum Gasteiger partial charge on any atom is 0.125 e. The van der Waals surface area contributed by atoms with E-state index in [-0.39, 0.29) is 0 Å². The summed E-state index contributed by atoms with van der Waals surface area (Å²) in [6, 6.07) is 9.82. The van der Waals surface area contributed by atoms with Crippen molar-refractivity contribution in [2.24, 2.45) is 0 Å². The molecule has 0 aromatic heterocycles. The highest BCUT2D eigenvalue weighted by Crippen LogP contribution is 2.44. The summed E-state index contributed by atoms with van der Waals surface area (Å²) < 4.78 is 0. The molecule has 1 unspecified atom stereocenters. The largest absolute Gasteiger partial charge is 0.507 e. The van der Waals surface area contributed by atoms with E-state index in [1.54, 1.807) is 0 Å². The van der Waals surface area contributed by atoms with Gasteiger partial charge in [0.2, 0.25) is 0 Å². The Kier molecular flexibility index (Phi) is 2.40. The summed E-state index contributed by atoms with van der Waals surface area (Å²) in [4.78, 5) is 2.16. The van der Waals surface area contributed by atoms with Crippen LogP contribution in [0.4, 0.5) is 5.69 Å². The fourth-order valence-electron chi connectivity index (χ4n) is 2.76. The lowest BCUT2D eigenvalue weighted by atomic mass is 9.95. The molecule has 3 heteroatoms. The molecule has 88 valence electrons. The molecule has 2 nitrogen and oxygen atoms in total. The maximum atomic E-state index is 10.1. The van der Waals surface area contributed by atoms with E-state index in [1.807, 2.05) is 31.3 Å². The number of halogens is 1. The summed E-state index contributed by atoms with van der Waals surface area (Å²) in [5.74, 6) is 1.31. The van der Waals surface area contributed by atoms with Crippen LogP contribution in [0.25, 0.3) is 10.8 Å². The topological polar surface area (TPSA) is 23.5 Å². The van der Waals surface area contributed by atoms with Gasteiger partial charge < -0.3 is 10.0 Å². The number of hydrogen-bond donors (Lipinski definition) is 1. The smallest absolute Gasteiger partial charge is 0.125 e. The monoisotopic (exact) mass is 247 g/mol. The third-order valence-electron chi connectivity index (χ3n) is 3.54. The van der Waals surface area contributed by atoms with Crippen LogP contribution in [-0.4, -0.2) is 24.6 Å². The zero-order valence-electron chi connectivity index (χ0n) is 9.65. The number of nitrogens with zero attached hydrogens (tertiary/aromatic N) is 1. The molecule has 1 aliphatic rings. The highest BCUT2D eigenvalue weighted by Gasteiger charge is 2.28. The van der Waals surface area contributed by atoms with Gasteiger partial charge in [-0.1, -0.05) is 24.3 Å². The fraction of sp³-hybridized carbons (Fsp3) is 0.286. The minimum absolute atomic E-state index is 0.349. The van der Waals surface area contributed by atoms with Gasteiger partial charge in [0.05, 0.1) is 0 Å². The van der Waals surface area contributed by atoms with Crippen molar-refractivity contribution in [3.05, 3.63) is 35.9 Å². The van der Waals surface area contributed by atoms with Gasteiger partial charge in [-0.05, 0) is 10.9 Å². The number of fused-ring (bicyclic) bond motifs is 3. The fourth-order valence-corrected chi connectivity index (χ4v) is 3.01. The molecule has 0 bridgehead atoms. The predicted molar refractivity (Wildman–Crippen MR) is 72.3 cm³/mol. The van der Waals surface area contributed by atoms with Gasteiger partial charge in [-0.3, -0.25) is 0 Å². The summed E-state index contributed by atoms with van der Waals surface area (Å²) in [7, 11) is 2.04. The number of hydrogen-bond acceptors (Lipinski definition) is 2. The number of anilines is 1. The maximum absolute atomic E-state index is 10.1. The van der Waals surface area contributed by atoms with Gasteiger partial charge in [0.25, 0.3) is 0 Å². The Bertz CT molecular complexity index is 582. The normalized spacial score (nSPS) is 18.7. The first-order chi connectivity index (χ1) is 8.22. The van der Waals surface area contributed by atoms with Crippen molar-refractivity contribution >= 4 is 28.1 Å². The van der Waals surface area contributed by atoms with Crippen molar-refractivity contribution in [3.63, 3.8) is 0 Å². The standard InChI is InChI=1S/C14H14ClNO/c1-16-8-9(7-15)14-11-5-3-2-4-10(11)13(17)6-12(14)16/h2-6,9,17H,7-8H2,1H3. The number of alkyl halides is 1. The van der Waals surface area contributed by atoms with E-state index in [2.05, 4.69) is 11.0 Å². The Hall–Kier alpha value is -1.41. The van der Waals surface area contributed by atoms with Crippen LogP contribution in [0.5, 0.6) is 5.75 Å². The average Bonchev–Trinajstić information content (AvgIpc) is 2.67. The van der Waals surface area contributed by atoms with Crippen LogP contribution in [0.15, 0.2) is 30.3 Å². The molecule has 17 heavy (non-hydrogen) atoms. The molecule has 1 atom stereocenters. The lowest BCUT2D eigenvalue weighted by Crippen LogP contribution is -2.15. The van der Waals surface area contributed by atoms with E-state index < -0.39 is 0 Å². The summed E-state index contributed by atoms with van der Waals surface area (Å²) in [5.41, 5.74) is 2.38. The summed E-state index contributed by atoms with van der Waals surface area (Å²) in [6.07, 6.45) is 0. The Morgan fingerprint density at radius 1 is 1.35 bits per heavy atom. The van der Waals surface area contributed by atoms with Crippen LogP contribution in [0, 0.1) is 0 Å². The van der Waals surface area contributed by atoms with E-state index in [9.17, 15) is 5.11 Å². The van der Waals surface area contributed by atoms with Crippen molar-refractivity contribution in [3.8, 4) is 5.75 Å². The van der Waals surface area contributed by atoms with Gasteiger partial charge in [0, 0.05) is 42.5 Å². The molecule has 2 aromatic carbocycles. The summed E-state index contributed by atoms with van der Waals surface area (Å²) in [6.45, 7) is 0.923. The molecular weight excluding hydrogens is 234 g/mol. The van der Waals surface area contributed by atoms with Crippen LogP contribution in [-0.2, 0) is 0 Å².